The molecule has 0 spiro atoms. The molecule has 2 nitrogen and oxygen atoms in total. The summed E-state index contributed by atoms with van der Waals surface area (Å²) in [4.78, 5) is 0. The molecule has 0 aromatic heterocycles. The van der Waals surface area contributed by atoms with Gasteiger partial charge in [0.05, 0.1) is 19.3 Å². The molecule has 15 heavy (non-hydrogen) atoms. The van der Waals surface area contributed by atoms with Crippen molar-refractivity contribution in [1.29, 1.82) is 0 Å². The zero-order chi connectivity index (χ0) is 11.7. The standard InChI is InChI=1S/C13H28O2/c1-11(2)5-6-12(3)7-8-13(4)15-10-9-14/h11-14H,5-10H2,1-4H3. The number of aliphatic hydroxyl groups is 1. The minimum atomic E-state index is 0.132. The molecule has 0 saturated heterocycles. The monoisotopic (exact) mass is 216 g/mol. The van der Waals surface area contributed by atoms with Crippen LogP contribution in [0, 0.1) is 11.8 Å². The molecule has 0 aliphatic heterocycles. The molecule has 0 amide bonds. The maximum atomic E-state index is 8.61. The van der Waals surface area contributed by atoms with Crippen LogP contribution in [-0.4, -0.2) is 24.4 Å². The molecule has 0 bridgehead atoms. The molecule has 0 aromatic rings. The van der Waals surface area contributed by atoms with Gasteiger partial charge < -0.3 is 9.84 Å². The van der Waals surface area contributed by atoms with E-state index in [2.05, 4.69) is 27.7 Å². The molecule has 0 aromatic carbocycles. The summed E-state index contributed by atoms with van der Waals surface area (Å²) in [5.41, 5.74) is 0. The van der Waals surface area contributed by atoms with E-state index in [1.165, 1.54) is 19.3 Å². The predicted molar refractivity (Wildman–Crippen MR) is 65.0 cm³/mol. The Balaban J connectivity index is 3.39. The van der Waals surface area contributed by atoms with Crippen molar-refractivity contribution < 1.29 is 9.84 Å². The Morgan fingerprint density at radius 2 is 1.53 bits per heavy atom. The van der Waals surface area contributed by atoms with Gasteiger partial charge in [-0.15, -0.1) is 0 Å². The molecular formula is C13H28O2. The van der Waals surface area contributed by atoms with Crippen molar-refractivity contribution in [2.45, 2.75) is 59.5 Å². The SMILES string of the molecule is CC(C)CCC(C)CCC(C)OCCO. The third kappa shape index (κ3) is 10.2. The fraction of sp³-hybridized carbons (Fsp3) is 1.00. The predicted octanol–water partition coefficient (Wildman–Crippen LogP) is 3.24. The van der Waals surface area contributed by atoms with E-state index in [4.69, 9.17) is 9.84 Å². The lowest BCUT2D eigenvalue weighted by molar-refractivity contribution is 0.0314. The van der Waals surface area contributed by atoms with Crippen LogP contribution >= 0.6 is 0 Å². The van der Waals surface area contributed by atoms with Gasteiger partial charge in [-0.25, -0.2) is 0 Å². The van der Waals surface area contributed by atoms with Crippen molar-refractivity contribution in [3.05, 3.63) is 0 Å². The highest BCUT2D eigenvalue weighted by atomic mass is 16.5. The Labute approximate surface area is 95.0 Å². The average Bonchev–Trinajstić information content (AvgIpc) is 2.20. The number of aliphatic hydroxyl groups excluding tert-OH is 1. The van der Waals surface area contributed by atoms with E-state index in [1.54, 1.807) is 0 Å². The lowest BCUT2D eigenvalue weighted by Gasteiger charge is -2.16. The molecule has 92 valence electrons. The molecule has 2 atom stereocenters. The molecule has 0 rings (SSSR count). The Bertz CT molecular complexity index is 134. The largest absolute Gasteiger partial charge is 0.394 e. The first-order valence-corrected chi connectivity index (χ1v) is 6.28. The smallest absolute Gasteiger partial charge is 0.0701 e. The lowest BCUT2D eigenvalue weighted by Crippen LogP contribution is -2.12. The first-order valence-electron chi connectivity index (χ1n) is 6.28. The molecule has 0 aliphatic carbocycles. The first-order chi connectivity index (χ1) is 7.06. The summed E-state index contributed by atoms with van der Waals surface area (Å²) < 4.78 is 5.42. The van der Waals surface area contributed by atoms with Gasteiger partial charge >= 0.3 is 0 Å². The lowest BCUT2D eigenvalue weighted by atomic mass is 9.94. The zero-order valence-electron chi connectivity index (χ0n) is 10.8. The highest BCUT2D eigenvalue weighted by molar-refractivity contribution is 4.59. The Morgan fingerprint density at radius 3 is 2.07 bits per heavy atom. The fourth-order valence-electron chi connectivity index (χ4n) is 1.62. The molecule has 0 saturated carbocycles. The summed E-state index contributed by atoms with van der Waals surface area (Å²) in [6, 6.07) is 0. The molecule has 2 heteroatoms. The fourth-order valence-corrected chi connectivity index (χ4v) is 1.62. The number of rotatable bonds is 9. The van der Waals surface area contributed by atoms with E-state index in [9.17, 15) is 0 Å². The van der Waals surface area contributed by atoms with Gasteiger partial charge in [-0.05, 0) is 31.6 Å². The second-order valence-corrected chi connectivity index (χ2v) is 5.06. The van der Waals surface area contributed by atoms with Crippen LogP contribution in [0.3, 0.4) is 0 Å². The second-order valence-electron chi connectivity index (χ2n) is 5.06. The van der Waals surface area contributed by atoms with E-state index in [-0.39, 0.29) is 6.61 Å². The minimum absolute atomic E-state index is 0.132. The van der Waals surface area contributed by atoms with Crippen molar-refractivity contribution in [3.8, 4) is 0 Å². The van der Waals surface area contributed by atoms with Crippen LogP contribution in [-0.2, 0) is 4.74 Å². The highest BCUT2D eigenvalue weighted by Gasteiger charge is 2.07. The van der Waals surface area contributed by atoms with Gasteiger partial charge in [-0.1, -0.05) is 33.6 Å². The van der Waals surface area contributed by atoms with Crippen molar-refractivity contribution in [2.24, 2.45) is 11.8 Å². The van der Waals surface area contributed by atoms with Gasteiger partial charge in [0.1, 0.15) is 0 Å². The van der Waals surface area contributed by atoms with Crippen LogP contribution < -0.4 is 0 Å². The van der Waals surface area contributed by atoms with E-state index >= 15 is 0 Å². The van der Waals surface area contributed by atoms with Crippen molar-refractivity contribution in [3.63, 3.8) is 0 Å². The number of hydrogen-bond donors (Lipinski definition) is 1. The molecule has 1 N–H and O–H groups in total. The molecule has 2 unspecified atom stereocenters. The van der Waals surface area contributed by atoms with Crippen molar-refractivity contribution >= 4 is 0 Å². The van der Waals surface area contributed by atoms with Crippen LogP contribution in [0.5, 0.6) is 0 Å². The van der Waals surface area contributed by atoms with Crippen LogP contribution in [0.2, 0.25) is 0 Å². The summed E-state index contributed by atoms with van der Waals surface area (Å²) in [6.07, 6.45) is 5.29. The Hall–Kier alpha value is -0.0800. The van der Waals surface area contributed by atoms with Gasteiger partial charge in [-0.3, -0.25) is 0 Å². The van der Waals surface area contributed by atoms with Crippen LogP contribution in [0.1, 0.15) is 53.4 Å². The maximum Gasteiger partial charge on any atom is 0.0701 e. The van der Waals surface area contributed by atoms with Gasteiger partial charge in [0.15, 0.2) is 0 Å². The van der Waals surface area contributed by atoms with Crippen LogP contribution in [0.4, 0.5) is 0 Å². The molecule has 0 aliphatic rings. The van der Waals surface area contributed by atoms with E-state index < -0.39 is 0 Å². The van der Waals surface area contributed by atoms with E-state index in [1.807, 2.05) is 0 Å². The van der Waals surface area contributed by atoms with E-state index in [0.29, 0.717) is 12.7 Å². The summed E-state index contributed by atoms with van der Waals surface area (Å²) >= 11 is 0. The molecule has 0 heterocycles. The van der Waals surface area contributed by atoms with Gasteiger partial charge in [0.25, 0.3) is 0 Å². The summed E-state index contributed by atoms with van der Waals surface area (Å²) in [5.74, 6) is 1.61. The van der Waals surface area contributed by atoms with Gasteiger partial charge in [-0.2, -0.15) is 0 Å². The molecule has 0 fully saturated rings. The summed E-state index contributed by atoms with van der Waals surface area (Å²) in [7, 11) is 0. The van der Waals surface area contributed by atoms with Crippen LogP contribution in [0.15, 0.2) is 0 Å². The Kier molecular flexibility index (Phi) is 9.12. The minimum Gasteiger partial charge on any atom is -0.394 e. The number of hydrogen-bond acceptors (Lipinski definition) is 2. The average molecular weight is 216 g/mol. The molecular weight excluding hydrogens is 188 g/mol. The van der Waals surface area contributed by atoms with Gasteiger partial charge in [0, 0.05) is 0 Å². The third-order valence-electron chi connectivity index (χ3n) is 2.80. The van der Waals surface area contributed by atoms with Gasteiger partial charge in [0.2, 0.25) is 0 Å². The van der Waals surface area contributed by atoms with Crippen molar-refractivity contribution in [2.75, 3.05) is 13.2 Å². The highest BCUT2D eigenvalue weighted by Crippen LogP contribution is 2.17. The van der Waals surface area contributed by atoms with Crippen molar-refractivity contribution in [1.82, 2.24) is 0 Å². The topological polar surface area (TPSA) is 29.5 Å². The maximum absolute atomic E-state index is 8.61. The molecule has 0 radical (unpaired) electrons. The summed E-state index contributed by atoms with van der Waals surface area (Å²) in [6.45, 7) is 9.57. The first kappa shape index (κ1) is 14.9. The Morgan fingerprint density at radius 1 is 0.933 bits per heavy atom. The zero-order valence-corrected chi connectivity index (χ0v) is 10.8. The third-order valence-corrected chi connectivity index (χ3v) is 2.80. The number of ether oxygens (including phenoxy) is 1. The normalized spacial score (nSPS) is 15.6. The summed E-state index contributed by atoms with van der Waals surface area (Å²) in [5, 5.41) is 8.61. The van der Waals surface area contributed by atoms with Crippen LogP contribution in [0.25, 0.3) is 0 Å². The van der Waals surface area contributed by atoms with E-state index in [0.717, 1.165) is 18.3 Å². The second kappa shape index (κ2) is 9.17. The quantitative estimate of drug-likeness (QED) is 0.641.